The lowest BCUT2D eigenvalue weighted by molar-refractivity contribution is 0.0947. The van der Waals surface area contributed by atoms with Crippen molar-refractivity contribution >= 4 is 11.7 Å². The van der Waals surface area contributed by atoms with E-state index in [1.54, 1.807) is 6.07 Å². The van der Waals surface area contributed by atoms with Crippen molar-refractivity contribution in [2.75, 3.05) is 32.5 Å². The molecule has 0 aliphatic carbocycles. The van der Waals surface area contributed by atoms with Crippen LogP contribution in [0.5, 0.6) is 0 Å². The molecule has 0 fully saturated rings. The third-order valence-electron chi connectivity index (χ3n) is 2.40. The summed E-state index contributed by atoms with van der Waals surface area (Å²) in [5.41, 5.74) is 0.392. The molecule has 1 amide bonds. The summed E-state index contributed by atoms with van der Waals surface area (Å²) in [7, 11) is 4.02. The lowest BCUT2D eigenvalue weighted by Crippen LogP contribution is -2.28. The first-order valence-electron chi connectivity index (χ1n) is 6.50. The Kier molecular flexibility index (Phi) is 6.21. The van der Waals surface area contributed by atoms with Gasteiger partial charge < -0.3 is 15.5 Å². The highest BCUT2D eigenvalue weighted by Crippen LogP contribution is 2.05. The van der Waals surface area contributed by atoms with Crippen LogP contribution >= 0.6 is 0 Å². The molecule has 0 bridgehead atoms. The van der Waals surface area contributed by atoms with Gasteiger partial charge in [0.1, 0.15) is 17.8 Å². The largest absolute Gasteiger partial charge is 0.368 e. The van der Waals surface area contributed by atoms with Crippen LogP contribution in [0.1, 0.15) is 30.8 Å². The molecule has 1 rings (SSSR count). The first-order chi connectivity index (χ1) is 8.99. The molecule has 2 N–H and O–H groups in total. The van der Waals surface area contributed by atoms with E-state index in [0.29, 0.717) is 18.1 Å². The molecule has 0 saturated heterocycles. The molecule has 19 heavy (non-hydrogen) atoms. The summed E-state index contributed by atoms with van der Waals surface area (Å²) in [6.07, 6.45) is 2.32. The van der Waals surface area contributed by atoms with Crippen LogP contribution in [0, 0.1) is 0 Å². The van der Waals surface area contributed by atoms with Crippen LogP contribution < -0.4 is 10.6 Å². The van der Waals surface area contributed by atoms with Gasteiger partial charge in [0.15, 0.2) is 0 Å². The molecule has 0 aromatic carbocycles. The number of aromatic nitrogens is 2. The number of carbonyl (C=O) groups is 1. The zero-order valence-corrected chi connectivity index (χ0v) is 12.1. The van der Waals surface area contributed by atoms with E-state index in [4.69, 9.17) is 0 Å². The lowest BCUT2D eigenvalue weighted by Gasteiger charge is -2.11. The molecule has 0 spiro atoms. The Hall–Kier alpha value is -1.69. The van der Waals surface area contributed by atoms with Gasteiger partial charge in [0, 0.05) is 18.7 Å². The maximum Gasteiger partial charge on any atom is 0.270 e. The van der Waals surface area contributed by atoms with Crippen molar-refractivity contribution in [3.63, 3.8) is 0 Å². The second kappa shape index (κ2) is 7.68. The highest BCUT2D eigenvalue weighted by atomic mass is 16.1. The SMILES string of the molecule is CC(C)Nc1cc(C(=O)NCCCN(C)C)ncn1. The number of rotatable bonds is 7. The van der Waals surface area contributed by atoms with Crippen molar-refractivity contribution in [2.24, 2.45) is 0 Å². The zero-order chi connectivity index (χ0) is 14.3. The topological polar surface area (TPSA) is 70.2 Å². The minimum Gasteiger partial charge on any atom is -0.368 e. The number of amides is 1. The molecular weight excluding hydrogens is 242 g/mol. The van der Waals surface area contributed by atoms with Crippen molar-refractivity contribution in [2.45, 2.75) is 26.3 Å². The second-order valence-corrected chi connectivity index (χ2v) is 5.00. The fourth-order valence-electron chi connectivity index (χ4n) is 1.54. The van der Waals surface area contributed by atoms with Crippen LogP contribution in [0.3, 0.4) is 0 Å². The Morgan fingerprint density at radius 2 is 2.11 bits per heavy atom. The highest BCUT2D eigenvalue weighted by molar-refractivity contribution is 5.92. The Labute approximate surface area is 114 Å². The number of anilines is 1. The van der Waals surface area contributed by atoms with Gasteiger partial charge in [0.2, 0.25) is 0 Å². The maximum absolute atomic E-state index is 11.9. The minimum atomic E-state index is -0.159. The van der Waals surface area contributed by atoms with E-state index >= 15 is 0 Å². The van der Waals surface area contributed by atoms with E-state index in [9.17, 15) is 4.79 Å². The van der Waals surface area contributed by atoms with Gasteiger partial charge in [-0.05, 0) is 40.9 Å². The Bertz CT molecular complexity index is 406. The van der Waals surface area contributed by atoms with Crippen molar-refractivity contribution in [3.8, 4) is 0 Å². The summed E-state index contributed by atoms with van der Waals surface area (Å²) in [4.78, 5) is 22.0. The van der Waals surface area contributed by atoms with Gasteiger partial charge >= 0.3 is 0 Å². The van der Waals surface area contributed by atoms with Gasteiger partial charge in [-0.1, -0.05) is 0 Å². The zero-order valence-electron chi connectivity index (χ0n) is 12.1. The van der Waals surface area contributed by atoms with Crippen molar-refractivity contribution in [1.29, 1.82) is 0 Å². The van der Waals surface area contributed by atoms with E-state index in [-0.39, 0.29) is 11.9 Å². The van der Waals surface area contributed by atoms with E-state index in [2.05, 4.69) is 25.5 Å². The number of carbonyl (C=O) groups excluding carboxylic acids is 1. The van der Waals surface area contributed by atoms with Gasteiger partial charge in [0.05, 0.1) is 0 Å². The molecule has 6 heteroatoms. The Morgan fingerprint density at radius 1 is 1.37 bits per heavy atom. The average Bonchev–Trinajstić information content (AvgIpc) is 2.33. The molecule has 6 nitrogen and oxygen atoms in total. The molecule has 106 valence electrons. The standard InChI is InChI=1S/C13H23N5O/c1-10(2)17-12-8-11(15-9-16-12)13(19)14-6-5-7-18(3)4/h8-10H,5-7H2,1-4H3,(H,14,19)(H,15,16,17). The lowest BCUT2D eigenvalue weighted by atomic mass is 10.3. The maximum atomic E-state index is 11.9. The monoisotopic (exact) mass is 265 g/mol. The second-order valence-electron chi connectivity index (χ2n) is 5.00. The molecule has 0 aliphatic rings. The van der Waals surface area contributed by atoms with Crippen LogP contribution in [0.15, 0.2) is 12.4 Å². The summed E-state index contributed by atoms with van der Waals surface area (Å²) >= 11 is 0. The van der Waals surface area contributed by atoms with Crippen molar-refractivity contribution in [1.82, 2.24) is 20.2 Å². The fraction of sp³-hybridized carbons (Fsp3) is 0.615. The third-order valence-corrected chi connectivity index (χ3v) is 2.40. The third kappa shape index (κ3) is 6.15. The molecule has 1 heterocycles. The van der Waals surface area contributed by atoms with E-state index < -0.39 is 0 Å². The molecule has 0 radical (unpaired) electrons. The van der Waals surface area contributed by atoms with Gasteiger partial charge in [-0.2, -0.15) is 0 Å². The predicted molar refractivity (Wildman–Crippen MR) is 76.3 cm³/mol. The van der Waals surface area contributed by atoms with Crippen LogP contribution in [0.2, 0.25) is 0 Å². The van der Waals surface area contributed by atoms with Gasteiger partial charge in [-0.3, -0.25) is 4.79 Å². The molecule has 0 aliphatic heterocycles. The van der Waals surface area contributed by atoms with E-state index in [0.717, 1.165) is 13.0 Å². The number of nitrogens with zero attached hydrogens (tertiary/aromatic N) is 3. The van der Waals surface area contributed by atoms with Gasteiger partial charge in [0.25, 0.3) is 5.91 Å². The fourth-order valence-corrected chi connectivity index (χ4v) is 1.54. The number of hydrogen-bond donors (Lipinski definition) is 2. The smallest absolute Gasteiger partial charge is 0.270 e. The molecule has 0 atom stereocenters. The molecule has 0 unspecified atom stereocenters. The van der Waals surface area contributed by atoms with Gasteiger partial charge in [-0.15, -0.1) is 0 Å². The first kappa shape index (κ1) is 15.4. The van der Waals surface area contributed by atoms with Crippen molar-refractivity contribution < 1.29 is 4.79 Å². The quantitative estimate of drug-likeness (QED) is 0.719. The number of hydrogen-bond acceptors (Lipinski definition) is 5. The summed E-state index contributed by atoms with van der Waals surface area (Å²) < 4.78 is 0. The summed E-state index contributed by atoms with van der Waals surface area (Å²) in [6.45, 7) is 5.63. The molecule has 1 aromatic heterocycles. The summed E-state index contributed by atoms with van der Waals surface area (Å²) in [5, 5.41) is 6.00. The summed E-state index contributed by atoms with van der Waals surface area (Å²) in [6, 6.07) is 1.94. The van der Waals surface area contributed by atoms with E-state index in [1.807, 2.05) is 27.9 Å². The average molecular weight is 265 g/mol. The predicted octanol–water partition coefficient (Wildman–Crippen LogP) is 0.978. The van der Waals surface area contributed by atoms with Crippen LogP contribution in [-0.4, -0.2) is 54.0 Å². The Morgan fingerprint density at radius 3 is 2.74 bits per heavy atom. The normalized spacial score (nSPS) is 10.8. The molecular formula is C13H23N5O. The summed E-state index contributed by atoms with van der Waals surface area (Å²) in [5.74, 6) is 0.511. The van der Waals surface area contributed by atoms with Crippen molar-refractivity contribution in [3.05, 3.63) is 18.1 Å². The highest BCUT2D eigenvalue weighted by Gasteiger charge is 2.08. The Balaban J connectivity index is 2.47. The minimum absolute atomic E-state index is 0.159. The molecule has 1 aromatic rings. The molecule has 0 saturated carbocycles. The van der Waals surface area contributed by atoms with E-state index in [1.165, 1.54) is 6.33 Å². The van der Waals surface area contributed by atoms with Crippen LogP contribution in [0.4, 0.5) is 5.82 Å². The van der Waals surface area contributed by atoms with Gasteiger partial charge in [-0.25, -0.2) is 9.97 Å². The first-order valence-corrected chi connectivity index (χ1v) is 6.50. The van der Waals surface area contributed by atoms with Crippen LogP contribution in [0.25, 0.3) is 0 Å². The van der Waals surface area contributed by atoms with Crippen LogP contribution in [-0.2, 0) is 0 Å². The number of nitrogens with one attached hydrogen (secondary N) is 2.